The molecule has 0 aliphatic heterocycles. The molecule has 5 nitrogen and oxygen atoms in total. The molecular formula is C18H17FN2O3S2. The maximum absolute atomic E-state index is 13.2. The molecule has 1 aromatic carbocycles. The van der Waals surface area contributed by atoms with Crippen LogP contribution in [-0.4, -0.2) is 13.4 Å². The largest absolute Gasteiger partial charge is 0.440 e. The van der Waals surface area contributed by atoms with Gasteiger partial charge in [-0.25, -0.2) is 17.8 Å². The lowest BCUT2D eigenvalue weighted by molar-refractivity contribution is 0.338. The first-order chi connectivity index (χ1) is 12.4. The van der Waals surface area contributed by atoms with Gasteiger partial charge in [-0.3, -0.25) is 4.72 Å². The van der Waals surface area contributed by atoms with Gasteiger partial charge in [0.2, 0.25) is 0 Å². The van der Waals surface area contributed by atoms with Gasteiger partial charge >= 0.3 is 0 Å². The van der Waals surface area contributed by atoms with E-state index in [1.54, 1.807) is 19.2 Å². The molecule has 0 radical (unpaired) electrons. The fraction of sp³-hybridized carbons (Fsp3) is 0.278. The summed E-state index contributed by atoms with van der Waals surface area (Å²) >= 11 is 1.11. The van der Waals surface area contributed by atoms with Gasteiger partial charge in [0.15, 0.2) is 11.7 Å². The smallest absolute Gasteiger partial charge is 0.271 e. The van der Waals surface area contributed by atoms with Crippen molar-refractivity contribution in [2.45, 2.75) is 36.3 Å². The zero-order valence-electron chi connectivity index (χ0n) is 14.0. The standard InChI is InChI=1S/C18H17FN2O3S2/c1-11-9-13(19)5-6-14(11)21-26(22,23)17-8-7-16(25-17)15-10-20-18(24-15)12-3-2-4-12/h5-10,12,21H,2-4H2,1H3. The normalized spacial score (nSPS) is 15.0. The highest BCUT2D eigenvalue weighted by Gasteiger charge is 2.25. The lowest BCUT2D eigenvalue weighted by atomic mass is 9.85. The first-order valence-corrected chi connectivity index (χ1v) is 10.6. The fourth-order valence-electron chi connectivity index (χ4n) is 2.78. The average Bonchev–Trinajstić information content (AvgIpc) is 3.17. The lowest BCUT2D eigenvalue weighted by Crippen LogP contribution is -2.12. The van der Waals surface area contributed by atoms with Crippen molar-refractivity contribution in [1.29, 1.82) is 0 Å². The number of hydrogen-bond acceptors (Lipinski definition) is 5. The number of anilines is 1. The van der Waals surface area contributed by atoms with E-state index in [1.807, 2.05) is 0 Å². The van der Waals surface area contributed by atoms with E-state index in [0.717, 1.165) is 30.1 Å². The van der Waals surface area contributed by atoms with Gasteiger partial charge in [-0.05, 0) is 55.7 Å². The van der Waals surface area contributed by atoms with Crippen LogP contribution in [0.15, 0.2) is 45.2 Å². The Morgan fingerprint density at radius 2 is 2.08 bits per heavy atom. The van der Waals surface area contributed by atoms with E-state index in [1.165, 1.54) is 30.7 Å². The molecule has 0 atom stereocenters. The maximum Gasteiger partial charge on any atom is 0.271 e. The van der Waals surface area contributed by atoms with Crippen molar-refractivity contribution in [3.05, 3.63) is 53.8 Å². The van der Waals surface area contributed by atoms with Crippen LogP contribution in [0.25, 0.3) is 10.6 Å². The fourth-order valence-corrected chi connectivity index (χ4v) is 5.16. The molecule has 4 rings (SSSR count). The molecule has 1 saturated carbocycles. The first-order valence-electron chi connectivity index (χ1n) is 8.27. The van der Waals surface area contributed by atoms with Crippen LogP contribution in [0.3, 0.4) is 0 Å². The Labute approximate surface area is 154 Å². The molecule has 26 heavy (non-hydrogen) atoms. The van der Waals surface area contributed by atoms with Crippen LogP contribution in [0, 0.1) is 12.7 Å². The third-order valence-corrected chi connectivity index (χ3v) is 7.46. The highest BCUT2D eigenvalue weighted by atomic mass is 32.2. The van der Waals surface area contributed by atoms with Crippen molar-refractivity contribution in [3.8, 4) is 10.6 Å². The summed E-state index contributed by atoms with van der Waals surface area (Å²) in [5.41, 5.74) is 0.874. The number of sulfonamides is 1. The Kier molecular flexibility index (Phi) is 4.32. The van der Waals surface area contributed by atoms with E-state index < -0.39 is 15.8 Å². The Hall–Kier alpha value is -2.19. The highest BCUT2D eigenvalue weighted by molar-refractivity contribution is 7.94. The Bertz CT molecular complexity index is 1050. The van der Waals surface area contributed by atoms with E-state index in [0.29, 0.717) is 27.8 Å². The second kappa shape index (κ2) is 6.51. The number of benzene rings is 1. The van der Waals surface area contributed by atoms with Crippen LogP contribution in [0.2, 0.25) is 0 Å². The van der Waals surface area contributed by atoms with Gasteiger partial charge in [-0.15, -0.1) is 11.3 Å². The number of rotatable bonds is 5. The second-order valence-electron chi connectivity index (χ2n) is 6.37. The summed E-state index contributed by atoms with van der Waals surface area (Å²) in [6, 6.07) is 7.17. The van der Waals surface area contributed by atoms with E-state index in [4.69, 9.17) is 4.42 Å². The van der Waals surface area contributed by atoms with Gasteiger partial charge in [-0.1, -0.05) is 6.42 Å². The van der Waals surface area contributed by atoms with Crippen LogP contribution in [-0.2, 0) is 10.0 Å². The van der Waals surface area contributed by atoms with Crippen molar-refractivity contribution in [1.82, 2.24) is 4.98 Å². The predicted octanol–water partition coefficient (Wildman–Crippen LogP) is 4.92. The summed E-state index contributed by atoms with van der Waals surface area (Å²) in [4.78, 5) is 5.02. The number of aromatic nitrogens is 1. The molecule has 1 aliphatic rings. The van der Waals surface area contributed by atoms with Crippen LogP contribution in [0.1, 0.15) is 36.6 Å². The Morgan fingerprint density at radius 3 is 2.77 bits per heavy atom. The quantitative estimate of drug-likeness (QED) is 0.669. The number of nitrogens with one attached hydrogen (secondary N) is 1. The van der Waals surface area contributed by atoms with Crippen LogP contribution < -0.4 is 4.72 Å². The Balaban J connectivity index is 1.57. The molecule has 0 unspecified atom stereocenters. The number of halogens is 1. The highest BCUT2D eigenvalue weighted by Crippen LogP contribution is 2.39. The zero-order valence-corrected chi connectivity index (χ0v) is 15.7. The second-order valence-corrected chi connectivity index (χ2v) is 9.37. The van der Waals surface area contributed by atoms with Gasteiger partial charge < -0.3 is 4.42 Å². The number of oxazole rings is 1. The van der Waals surface area contributed by atoms with Crippen LogP contribution in [0.5, 0.6) is 0 Å². The minimum atomic E-state index is -3.75. The Morgan fingerprint density at radius 1 is 1.27 bits per heavy atom. The van der Waals surface area contributed by atoms with Gasteiger partial charge in [0.1, 0.15) is 10.0 Å². The van der Waals surface area contributed by atoms with E-state index in [9.17, 15) is 12.8 Å². The van der Waals surface area contributed by atoms with Crippen molar-refractivity contribution < 1.29 is 17.2 Å². The van der Waals surface area contributed by atoms with Crippen LogP contribution in [0.4, 0.5) is 10.1 Å². The van der Waals surface area contributed by atoms with Gasteiger partial charge in [0.05, 0.1) is 16.8 Å². The monoisotopic (exact) mass is 392 g/mol. The number of hydrogen-bond donors (Lipinski definition) is 1. The van der Waals surface area contributed by atoms with Crippen molar-refractivity contribution >= 4 is 27.0 Å². The molecule has 2 heterocycles. The van der Waals surface area contributed by atoms with E-state index >= 15 is 0 Å². The minimum Gasteiger partial charge on any atom is -0.440 e. The van der Waals surface area contributed by atoms with E-state index in [2.05, 4.69) is 9.71 Å². The molecule has 0 saturated heterocycles. The molecule has 1 N–H and O–H groups in total. The predicted molar refractivity (Wildman–Crippen MR) is 98.4 cm³/mol. The molecule has 0 amide bonds. The summed E-state index contributed by atoms with van der Waals surface area (Å²) in [5.74, 6) is 1.28. The third-order valence-electron chi connectivity index (χ3n) is 4.50. The molecule has 3 aromatic rings. The molecule has 0 bridgehead atoms. The van der Waals surface area contributed by atoms with Crippen molar-refractivity contribution in [2.75, 3.05) is 4.72 Å². The van der Waals surface area contributed by atoms with Gasteiger partial charge in [0.25, 0.3) is 10.0 Å². The minimum absolute atomic E-state index is 0.165. The lowest BCUT2D eigenvalue weighted by Gasteiger charge is -2.21. The zero-order chi connectivity index (χ0) is 18.3. The van der Waals surface area contributed by atoms with Gasteiger partial charge in [-0.2, -0.15) is 0 Å². The van der Waals surface area contributed by atoms with Gasteiger partial charge in [0, 0.05) is 5.92 Å². The molecule has 2 aromatic heterocycles. The molecule has 1 fully saturated rings. The average molecular weight is 392 g/mol. The van der Waals surface area contributed by atoms with Crippen molar-refractivity contribution in [2.24, 2.45) is 0 Å². The third kappa shape index (κ3) is 3.26. The molecule has 0 spiro atoms. The summed E-state index contributed by atoms with van der Waals surface area (Å²) < 4.78 is 46.9. The molecule has 8 heteroatoms. The SMILES string of the molecule is Cc1cc(F)ccc1NS(=O)(=O)c1ccc(-c2cnc(C3CCC3)o2)s1. The van der Waals surface area contributed by atoms with E-state index in [-0.39, 0.29) is 4.21 Å². The molecule has 1 aliphatic carbocycles. The number of thiophene rings is 1. The first kappa shape index (κ1) is 17.2. The van der Waals surface area contributed by atoms with Crippen molar-refractivity contribution in [3.63, 3.8) is 0 Å². The number of aryl methyl sites for hydroxylation is 1. The summed E-state index contributed by atoms with van der Waals surface area (Å²) in [6.45, 7) is 1.65. The topological polar surface area (TPSA) is 72.2 Å². The number of nitrogens with zero attached hydrogens (tertiary/aromatic N) is 1. The maximum atomic E-state index is 13.2. The summed E-state index contributed by atoms with van der Waals surface area (Å²) in [5, 5.41) is 0. The molecule has 136 valence electrons. The summed E-state index contributed by atoms with van der Waals surface area (Å²) in [7, 11) is -3.75. The summed E-state index contributed by atoms with van der Waals surface area (Å²) in [6.07, 6.45) is 5.02. The van der Waals surface area contributed by atoms with Crippen LogP contribution >= 0.6 is 11.3 Å². The molecular weight excluding hydrogens is 375 g/mol.